The molecular formula is C15H16N4O. The van der Waals surface area contributed by atoms with Crippen LogP contribution in [0.3, 0.4) is 0 Å². The van der Waals surface area contributed by atoms with Crippen LogP contribution in [0.15, 0.2) is 41.6 Å². The fourth-order valence-corrected chi connectivity index (χ4v) is 2.57. The molecular weight excluding hydrogens is 252 g/mol. The number of amidine groups is 1. The van der Waals surface area contributed by atoms with Crippen molar-refractivity contribution in [2.24, 2.45) is 10.9 Å². The lowest BCUT2D eigenvalue weighted by atomic mass is 10.2. The van der Waals surface area contributed by atoms with Crippen LogP contribution in [-0.4, -0.2) is 22.6 Å². The van der Waals surface area contributed by atoms with Crippen LogP contribution < -0.4 is 10.6 Å². The third kappa shape index (κ3) is 2.07. The Morgan fingerprint density at radius 2 is 2.15 bits per heavy atom. The molecule has 0 unspecified atom stereocenters. The quantitative estimate of drug-likeness (QED) is 0.379. The van der Waals surface area contributed by atoms with Gasteiger partial charge in [-0.1, -0.05) is 23.4 Å². The minimum absolute atomic E-state index is 0.101. The molecule has 102 valence electrons. The van der Waals surface area contributed by atoms with Crippen molar-refractivity contribution in [1.82, 2.24) is 4.98 Å². The molecule has 1 aromatic carbocycles. The van der Waals surface area contributed by atoms with E-state index in [0.29, 0.717) is 5.56 Å². The minimum Gasteiger partial charge on any atom is -0.409 e. The number of hydrogen-bond acceptors (Lipinski definition) is 4. The molecule has 20 heavy (non-hydrogen) atoms. The average Bonchev–Trinajstić information content (AvgIpc) is 2.89. The fourth-order valence-electron chi connectivity index (χ4n) is 2.57. The molecule has 1 aliphatic rings. The number of aryl methyl sites for hydroxylation is 1. The van der Waals surface area contributed by atoms with Crippen molar-refractivity contribution in [2.75, 3.05) is 11.4 Å². The summed E-state index contributed by atoms with van der Waals surface area (Å²) in [5.41, 5.74) is 9.70. The van der Waals surface area contributed by atoms with Gasteiger partial charge < -0.3 is 15.8 Å². The second kappa shape index (κ2) is 4.85. The van der Waals surface area contributed by atoms with E-state index >= 15 is 0 Å². The highest BCUT2D eigenvalue weighted by atomic mass is 16.4. The van der Waals surface area contributed by atoms with Gasteiger partial charge in [-0.2, -0.15) is 0 Å². The van der Waals surface area contributed by atoms with Gasteiger partial charge in [-0.25, -0.2) is 4.98 Å². The standard InChI is InChI=1S/C15H16N4O/c1-10-8-12(15(16)18-20)9-14(17-10)19-7-6-11-4-2-3-5-13(11)19/h2-5,8-9,20H,6-7H2,1H3,(H2,16,18). The van der Waals surface area contributed by atoms with Gasteiger partial charge in [0.15, 0.2) is 5.84 Å². The molecule has 3 rings (SSSR count). The van der Waals surface area contributed by atoms with Crippen LogP contribution in [0.2, 0.25) is 0 Å². The molecule has 0 radical (unpaired) electrons. The maximum atomic E-state index is 8.82. The summed E-state index contributed by atoms with van der Waals surface area (Å²) in [6.45, 7) is 2.80. The van der Waals surface area contributed by atoms with Gasteiger partial charge in [0.05, 0.1) is 0 Å². The Labute approximate surface area is 117 Å². The van der Waals surface area contributed by atoms with Crippen molar-refractivity contribution in [3.8, 4) is 0 Å². The van der Waals surface area contributed by atoms with Gasteiger partial charge in [-0.15, -0.1) is 0 Å². The van der Waals surface area contributed by atoms with Crippen LogP contribution in [0.5, 0.6) is 0 Å². The molecule has 5 heteroatoms. The van der Waals surface area contributed by atoms with Crippen LogP contribution in [0.1, 0.15) is 16.8 Å². The number of para-hydroxylation sites is 1. The molecule has 2 heterocycles. The summed E-state index contributed by atoms with van der Waals surface area (Å²) in [5, 5.41) is 11.9. The highest BCUT2D eigenvalue weighted by molar-refractivity contribution is 5.98. The topological polar surface area (TPSA) is 74.7 Å². The van der Waals surface area contributed by atoms with E-state index in [1.807, 2.05) is 25.1 Å². The van der Waals surface area contributed by atoms with E-state index in [9.17, 15) is 0 Å². The van der Waals surface area contributed by atoms with Crippen LogP contribution in [0.4, 0.5) is 11.5 Å². The summed E-state index contributed by atoms with van der Waals surface area (Å²) in [5.74, 6) is 0.931. The average molecular weight is 268 g/mol. The molecule has 2 aromatic rings. The van der Waals surface area contributed by atoms with Gasteiger partial charge in [0.1, 0.15) is 5.82 Å². The molecule has 0 fully saturated rings. The second-order valence-electron chi connectivity index (χ2n) is 4.87. The van der Waals surface area contributed by atoms with Crippen LogP contribution >= 0.6 is 0 Å². The van der Waals surface area contributed by atoms with Crippen LogP contribution in [-0.2, 0) is 6.42 Å². The number of benzene rings is 1. The fraction of sp³-hybridized carbons (Fsp3) is 0.200. The first-order chi connectivity index (χ1) is 9.69. The molecule has 0 saturated carbocycles. The second-order valence-corrected chi connectivity index (χ2v) is 4.87. The summed E-state index contributed by atoms with van der Waals surface area (Å²) in [6, 6.07) is 12.0. The van der Waals surface area contributed by atoms with E-state index in [1.54, 1.807) is 6.07 Å². The SMILES string of the molecule is Cc1cc(/C(N)=N/O)cc(N2CCc3ccccc32)n1. The van der Waals surface area contributed by atoms with Crippen LogP contribution in [0, 0.1) is 6.92 Å². The number of anilines is 2. The number of nitrogens with two attached hydrogens (primary N) is 1. The Morgan fingerprint density at radius 3 is 2.95 bits per heavy atom. The van der Waals surface area contributed by atoms with Crippen molar-refractivity contribution in [2.45, 2.75) is 13.3 Å². The van der Waals surface area contributed by atoms with Gasteiger partial charge in [0.2, 0.25) is 0 Å². The molecule has 0 spiro atoms. The number of rotatable bonds is 2. The molecule has 0 bridgehead atoms. The summed E-state index contributed by atoms with van der Waals surface area (Å²) < 4.78 is 0. The monoisotopic (exact) mass is 268 g/mol. The lowest BCUT2D eigenvalue weighted by Crippen LogP contribution is -2.18. The van der Waals surface area contributed by atoms with E-state index in [2.05, 4.69) is 27.2 Å². The van der Waals surface area contributed by atoms with Crippen molar-refractivity contribution < 1.29 is 5.21 Å². The Morgan fingerprint density at radius 1 is 1.35 bits per heavy atom. The Kier molecular flexibility index (Phi) is 3.02. The zero-order valence-electron chi connectivity index (χ0n) is 11.2. The van der Waals surface area contributed by atoms with E-state index in [1.165, 1.54) is 11.3 Å². The van der Waals surface area contributed by atoms with Crippen molar-refractivity contribution in [1.29, 1.82) is 0 Å². The maximum absolute atomic E-state index is 8.82. The van der Waals surface area contributed by atoms with E-state index in [4.69, 9.17) is 10.9 Å². The number of hydrogen-bond donors (Lipinski definition) is 2. The minimum atomic E-state index is 0.101. The number of fused-ring (bicyclic) bond motifs is 1. The first kappa shape index (κ1) is 12.5. The lowest BCUT2D eigenvalue weighted by molar-refractivity contribution is 0.318. The molecule has 0 aliphatic carbocycles. The Bertz CT molecular complexity index is 681. The van der Waals surface area contributed by atoms with Gasteiger partial charge >= 0.3 is 0 Å². The van der Waals surface area contributed by atoms with E-state index < -0.39 is 0 Å². The number of pyridine rings is 1. The van der Waals surface area contributed by atoms with E-state index in [-0.39, 0.29) is 5.84 Å². The summed E-state index contributed by atoms with van der Waals surface area (Å²) >= 11 is 0. The van der Waals surface area contributed by atoms with Crippen LogP contribution in [0.25, 0.3) is 0 Å². The van der Waals surface area contributed by atoms with E-state index in [0.717, 1.165) is 24.5 Å². The molecule has 0 saturated heterocycles. The summed E-state index contributed by atoms with van der Waals surface area (Å²) in [6.07, 6.45) is 1.00. The number of nitrogens with zero attached hydrogens (tertiary/aromatic N) is 3. The predicted molar refractivity (Wildman–Crippen MR) is 78.6 cm³/mol. The zero-order valence-corrected chi connectivity index (χ0v) is 11.2. The lowest BCUT2D eigenvalue weighted by Gasteiger charge is -2.19. The molecule has 0 atom stereocenters. The highest BCUT2D eigenvalue weighted by Gasteiger charge is 2.21. The third-order valence-corrected chi connectivity index (χ3v) is 3.51. The van der Waals surface area contributed by atoms with Gasteiger partial charge in [-0.3, -0.25) is 0 Å². The summed E-state index contributed by atoms with van der Waals surface area (Å²) in [4.78, 5) is 6.73. The third-order valence-electron chi connectivity index (χ3n) is 3.51. The molecule has 5 nitrogen and oxygen atoms in total. The van der Waals surface area contributed by atoms with Crippen molar-refractivity contribution in [3.63, 3.8) is 0 Å². The normalized spacial score (nSPS) is 14.4. The highest BCUT2D eigenvalue weighted by Crippen LogP contribution is 2.33. The van der Waals surface area contributed by atoms with Gasteiger partial charge in [-0.05, 0) is 37.1 Å². The van der Waals surface area contributed by atoms with Gasteiger partial charge in [0.25, 0.3) is 0 Å². The number of oxime groups is 1. The molecule has 0 amide bonds. The maximum Gasteiger partial charge on any atom is 0.170 e. The first-order valence-corrected chi connectivity index (χ1v) is 6.51. The smallest absolute Gasteiger partial charge is 0.170 e. The zero-order chi connectivity index (χ0) is 14.1. The Balaban J connectivity index is 2.06. The molecule has 1 aliphatic heterocycles. The Hall–Kier alpha value is -2.56. The molecule has 1 aromatic heterocycles. The predicted octanol–water partition coefficient (Wildman–Crippen LogP) is 2.18. The number of aromatic nitrogens is 1. The summed E-state index contributed by atoms with van der Waals surface area (Å²) in [7, 11) is 0. The van der Waals surface area contributed by atoms with Crippen molar-refractivity contribution in [3.05, 3.63) is 53.2 Å². The molecule has 3 N–H and O–H groups in total. The first-order valence-electron chi connectivity index (χ1n) is 6.51. The van der Waals surface area contributed by atoms with Gasteiger partial charge in [0, 0.05) is 23.5 Å². The largest absolute Gasteiger partial charge is 0.409 e. The van der Waals surface area contributed by atoms with Crippen molar-refractivity contribution >= 4 is 17.3 Å².